The zero-order chi connectivity index (χ0) is 20.4. The number of carbonyl (C=O) groups excluding carboxylic acids is 1. The highest BCUT2D eigenvalue weighted by Gasteiger charge is 2.42. The van der Waals surface area contributed by atoms with E-state index >= 15 is 0 Å². The number of amides is 1. The molecule has 5 heteroatoms. The van der Waals surface area contributed by atoms with Gasteiger partial charge in [0, 0.05) is 23.5 Å². The van der Waals surface area contributed by atoms with Crippen LogP contribution in [0.5, 0.6) is 0 Å². The second kappa shape index (κ2) is 8.58. The van der Waals surface area contributed by atoms with Gasteiger partial charge in [0.15, 0.2) is 0 Å². The molecule has 1 amide bonds. The van der Waals surface area contributed by atoms with Crippen LogP contribution in [0.4, 0.5) is 0 Å². The van der Waals surface area contributed by atoms with Gasteiger partial charge in [0.2, 0.25) is 0 Å². The Balaban J connectivity index is 1.71. The van der Waals surface area contributed by atoms with E-state index in [1.54, 1.807) is 4.90 Å². The van der Waals surface area contributed by atoms with Crippen LogP contribution in [0.25, 0.3) is 0 Å². The van der Waals surface area contributed by atoms with Gasteiger partial charge in [0.25, 0.3) is 5.91 Å². The SMILES string of the molecule is CN1C(=O)[C@@H](Cc2ccccc2)O[C@H](c2ccc(Cl)cc2)[C@@H]1c1ccc(Cl)cc1. The first-order valence-electron chi connectivity index (χ1n) is 9.50. The summed E-state index contributed by atoms with van der Waals surface area (Å²) in [5.41, 5.74) is 3.02. The largest absolute Gasteiger partial charge is 0.358 e. The summed E-state index contributed by atoms with van der Waals surface area (Å²) in [6.07, 6.45) is -0.335. The van der Waals surface area contributed by atoms with E-state index in [1.165, 1.54) is 0 Å². The minimum absolute atomic E-state index is 0.0287. The Kier molecular flexibility index (Phi) is 5.91. The molecule has 0 saturated carbocycles. The minimum Gasteiger partial charge on any atom is -0.358 e. The van der Waals surface area contributed by atoms with Crippen LogP contribution in [0, 0.1) is 0 Å². The molecule has 0 aliphatic carbocycles. The molecule has 1 heterocycles. The molecule has 0 spiro atoms. The maximum atomic E-state index is 13.2. The van der Waals surface area contributed by atoms with E-state index in [0.29, 0.717) is 16.5 Å². The predicted molar refractivity (Wildman–Crippen MR) is 116 cm³/mol. The molecule has 3 nitrogen and oxygen atoms in total. The zero-order valence-electron chi connectivity index (χ0n) is 16.0. The van der Waals surface area contributed by atoms with Crippen molar-refractivity contribution >= 4 is 29.1 Å². The molecule has 1 aliphatic heterocycles. The molecule has 0 unspecified atom stereocenters. The van der Waals surface area contributed by atoms with Crippen molar-refractivity contribution in [2.45, 2.75) is 24.7 Å². The van der Waals surface area contributed by atoms with E-state index in [-0.39, 0.29) is 18.1 Å². The van der Waals surface area contributed by atoms with E-state index in [9.17, 15) is 4.79 Å². The Morgan fingerprint density at radius 1 is 0.828 bits per heavy atom. The number of benzene rings is 3. The normalized spacial score (nSPS) is 22.0. The summed E-state index contributed by atoms with van der Waals surface area (Å²) >= 11 is 12.2. The van der Waals surface area contributed by atoms with Crippen molar-refractivity contribution < 1.29 is 9.53 Å². The Labute approximate surface area is 180 Å². The second-order valence-electron chi connectivity index (χ2n) is 7.23. The van der Waals surface area contributed by atoms with Crippen LogP contribution in [-0.2, 0) is 16.0 Å². The highest BCUT2D eigenvalue weighted by atomic mass is 35.5. The van der Waals surface area contributed by atoms with Crippen LogP contribution in [0.15, 0.2) is 78.9 Å². The van der Waals surface area contributed by atoms with Crippen molar-refractivity contribution in [3.63, 3.8) is 0 Å². The monoisotopic (exact) mass is 425 g/mol. The fourth-order valence-corrected chi connectivity index (χ4v) is 4.06. The molecule has 3 atom stereocenters. The molecule has 1 aliphatic rings. The fourth-order valence-electron chi connectivity index (χ4n) is 3.81. The molecule has 148 valence electrons. The lowest BCUT2D eigenvalue weighted by molar-refractivity contribution is -0.171. The Morgan fingerprint density at radius 2 is 1.38 bits per heavy atom. The quantitative estimate of drug-likeness (QED) is 0.522. The van der Waals surface area contributed by atoms with Gasteiger partial charge in [-0.15, -0.1) is 0 Å². The molecule has 4 rings (SSSR count). The molecule has 3 aromatic carbocycles. The van der Waals surface area contributed by atoms with E-state index in [0.717, 1.165) is 16.7 Å². The average molecular weight is 426 g/mol. The molecule has 0 bridgehead atoms. The summed E-state index contributed by atoms with van der Waals surface area (Å²) in [5.74, 6) is -0.0287. The van der Waals surface area contributed by atoms with Crippen LogP contribution in [0.3, 0.4) is 0 Å². The highest BCUT2D eigenvalue weighted by molar-refractivity contribution is 6.30. The first-order valence-corrected chi connectivity index (χ1v) is 10.3. The summed E-state index contributed by atoms with van der Waals surface area (Å²) in [5, 5.41) is 1.32. The van der Waals surface area contributed by atoms with Crippen LogP contribution in [-0.4, -0.2) is 24.0 Å². The van der Waals surface area contributed by atoms with Gasteiger partial charge in [-0.1, -0.05) is 77.8 Å². The number of halogens is 2. The first-order chi connectivity index (χ1) is 14.0. The Hall–Kier alpha value is -2.33. The summed E-state index contributed by atoms with van der Waals surface area (Å²) < 4.78 is 6.43. The number of likely N-dealkylation sites (N-methyl/N-ethyl adjacent to an activating group) is 1. The topological polar surface area (TPSA) is 29.5 Å². The first kappa shape index (κ1) is 20.0. The van der Waals surface area contributed by atoms with Gasteiger partial charge in [0.1, 0.15) is 12.2 Å². The lowest BCUT2D eigenvalue weighted by Crippen LogP contribution is -2.49. The Morgan fingerprint density at radius 3 is 1.97 bits per heavy atom. The maximum absolute atomic E-state index is 13.2. The van der Waals surface area contributed by atoms with Crippen molar-refractivity contribution in [1.82, 2.24) is 4.90 Å². The Bertz CT molecular complexity index is 974. The van der Waals surface area contributed by atoms with Gasteiger partial charge in [-0.3, -0.25) is 4.79 Å². The summed E-state index contributed by atoms with van der Waals surface area (Å²) in [7, 11) is 1.84. The zero-order valence-corrected chi connectivity index (χ0v) is 17.5. The van der Waals surface area contributed by atoms with Crippen LogP contribution < -0.4 is 0 Å². The van der Waals surface area contributed by atoms with E-state index in [2.05, 4.69) is 0 Å². The summed E-state index contributed by atoms with van der Waals surface area (Å²) in [4.78, 5) is 15.0. The van der Waals surface area contributed by atoms with E-state index < -0.39 is 6.10 Å². The van der Waals surface area contributed by atoms with Crippen LogP contribution in [0.2, 0.25) is 10.0 Å². The standard InChI is InChI=1S/C24H21Cl2NO2/c1-27-22(17-7-11-19(25)12-8-17)23(18-9-13-20(26)14-10-18)29-21(24(27)28)15-16-5-3-2-4-6-16/h2-14,21-23H,15H2,1H3/t21-,22+,23-/m1/s1. The maximum Gasteiger partial charge on any atom is 0.252 e. The predicted octanol–water partition coefficient (Wildman–Crippen LogP) is 5.88. The van der Waals surface area contributed by atoms with Crippen molar-refractivity contribution in [3.05, 3.63) is 106 Å². The van der Waals surface area contributed by atoms with Gasteiger partial charge in [-0.25, -0.2) is 0 Å². The lowest BCUT2D eigenvalue weighted by atomic mass is 9.91. The molecule has 0 radical (unpaired) electrons. The van der Waals surface area contributed by atoms with Crippen molar-refractivity contribution in [2.75, 3.05) is 7.05 Å². The van der Waals surface area contributed by atoms with Gasteiger partial charge in [-0.05, 0) is 41.0 Å². The molecule has 1 saturated heterocycles. The second-order valence-corrected chi connectivity index (χ2v) is 8.11. The molecule has 0 N–H and O–H groups in total. The van der Waals surface area contributed by atoms with E-state index in [1.807, 2.05) is 85.9 Å². The smallest absolute Gasteiger partial charge is 0.252 e. The van der Waals surface area contributed by atoms with Crippen LogP contribution in [0.1, 0.15) is 28.8 Å². The third-order valence-electron chi connectivity index (χ3n) is 5.31. The van der Waals surface area contributed by atoms with Crippen molar-refractivity contribution in [1.29, 1.82) is 0 Å². The molecule has 3 aromatic rings. The minimum atomic E-state index is -0.549. The number of carbonyl (C=O) groups is 1. The molecular formula is C24H21Cl2NO2. The number of nitrogens with zero attached hydrogens (tertiary/aromatic N) is 1. The number of hydrogen-bond donors (Lipinski definition) is 0. The summed E-state index contributed by atoms with van der Waals surface area (Å²) in [6.45, 7) is 0. The average Bonchev–Trinajstić information content (AvgIpc) is 2.74. The highest BCUT2D eigenvalue weighted by Crippen LogP contribution is 2.42. The number of hydrogen-bond acceptors (Lipinski definition) is 2. The molecule has 1 fully saturated rings. The van der Waals surface area contributed by atoms with Gasteiger partial charge >= 0.3 is 0 Å². The number of rotatable bonds is 4. The molecule has 29 heavy (non-hydrogen) atoms. The number of ether oxygens (including phenoxy) is 1. The fraction of sp³-hybridized carbons (Fsp3) is 0.208. The van der Waals surface area contributed by atoms with Crippen molar-refractivity contribution in [3.8, 4) is 0 Å². The van der Waals surface area contributed by atoms with Gasteiger partial charge in [0.05, 0.1) is 6.04 Å². The third-order valence-corrected chi connectivity index (χ3v) is 5.82. The molecule has 0 aromatic heterocycles. The van der Waals surface area contributed by atoms with Crippen molar-refractivity contribution in [2.24, 2.45) is 0 Å². The van der Waals surface area contributed by atoms with Gasteiger partial charge in [-0.2, -0.15) is 0 Å². The van der Waals surface area contributed by atoms with E-state index in [4.69, 9.17) is 27.9 Å². The third kappa shape index (κ3) is 4.32. The van der Waals surface area contributed by atoms with Gasteiger partial charge < -0.3 is 9.64 Å². The summed E-state index contributed by atoms with van der Waals surface area (Å²) in [6, 6.07) is 24.9. The lowest BCUT2D eigenvalue weighted by Gasteiger charge is -2.43. The molecular weight excluding hydrogens is 405 g/mol. The number of morpholine rings is 1. The van der Waals surface area contributed by atoms with Crippen LogP contribution >= 0.6 is 23.2 Å².